The lowest BCUT2D eigenvalue weighted by molar-refractivity contribution is 0.295. The maximum absolute atomic E-state index is 4.33. The second-order valence-corrected chi connectivity index (χ2v) is 6.52. The molecule has 3 rings (SSSR count). The third-order valence-corrected chi connectivity index (χ3v) is 4.91. The van der Waals surface area contributed by atoms with E-state index in [0.29, 0.717) is 5.92 Å². The summed E-state index contributed by atoms with van der Waals surface area (Å²) in [5.41, 5.74) is 6.07. The first-order valence-electron chi connectivity index (χ1n) is 7.10. The lowest BCUT2D eigenvalue weighted by Gasteiger charge is -2.30. The molecule has 1 aliphatic heterocycles. The molecule has 0 fully saturated rings. The molecule has 1 N–H and O–H groups in total. The van der Waals surface area contributed by atoms with E-state index in [-0.39, 0.29) is 0 Å². The van der Waals surface area contributed by atoms with Crippen LogP contribution in [0.2, 0.25) is 0 Å². The monoisotopic (exact) mass is 287 g/mol. The molecule has 1 unspecified atom stereocenters. The van der Waals surface area contributed by atoms with E-state index in [1.54, 1.807) is 11.3 Å². The van der Waals surface area contributed by atoms with Crippen LogP contribution in [0.5, 0.6) is 0 Å². The van der Waals surface area contributed by atoms with Gasteiger partial charge in [-0.3, -0.25) is 0 Å². The van der Waals surface area contributed by atoms with E-state index in [4.69, 9.17) is 0 Å². The van der Waals surface area contributed by atoms with Crippen molar-refractivity contribution >= 4 is 11.3 Å². The summed E-state index contributed by atoms with van der Waals surface area (Å²) in [6, 6.07) is 8.81. The third-order valence-electron chi connectivity index (χ3n) is 3.99. The van der Waals surface area contributed by atoms with Gasteiger partial charge in [-0.2, -0.15) is 0 Å². The minimum atomic E-state index is 0.582. The molecule has 106 valence electrons. The van der Waals surface area contributed by atoms with Gasteiger partial charge in [0, 0.05) is 37.0 Å². The molecule has 3 nitrogen and oxygen atoms in total. The van der Waals surface area contributed by atoms with E-state index in [0.717, 1.165) is 26.2 Å². The number of hydrogen-bond donors (Lipinski definition) is 1. The fourth-order valence-corrected chi connectivity index (χ4v) is 3.77. The Morgan fingerprint density at radius 2 is 2.25 bits per heavy atom. The van der Waals surface area contributed by atoms with Crippen molar-refractivity contribution in [1.82, 2.24) is 15.2 Å². The number of benzene rings is 1. The molecule has 20 heavy (non-hydrogen) atoms. The standard InChI is InChI=1S/C16H21N3S/c1-12-16(20-11-18-12)10-19(2)9-14-8-17-7-13-5-3-4-6-15(13)14/h3-6,11,14,17H,7-10H2,1-2H3. The minimum Gasteiger partial charge on any atom is -0.312 e. The summed E-state index contributed by atoms with van der Waals surface area (Å²) >= 11 is 1.76. The molecule has 2 aromatic rings. The number of aromatic nitrogens is 1. The van der Waals surface area contributed by atoms with Gasteiger partial charge in [-0.05, 0) is 25.1 Å². The number of likely N-dealkylation sites (N-methyl/N-ethyl adjacent to an activating group) is 1. The van der Waals surface area contributed by atoms with Gasteiger partial charge in [0.05, 0.1) is 11.2 Å². The zero-order chi connectivity index (χ0) is 13.9. The van der Waals surface area contributed by atoms with Gasteiger partial charge in [0.1, 0.15) is 0 Å². The molecule has 0 aliphatic carbocycles. The minimum absolute atomic E-state index is 0.582. The number of hydrogen-bond acceptors (Lipinski definition) is 4. The van der Waals surface area contributed by atoms with Crippen molar-refractivity contribution < 1.29 is 0 Å². The fourth-order valence-electron chi connectivity index (χ4n) is 2.91. The number of thiazole rings is 1. The third kappa shape index (κ3) is 2.92. The first-order chi connectivity index (χ1) is 9.74. The van der Waals surface area contributed by atoms with Gasteiger partial charge >= 0.3 is 0 Å². The highest BCUT2D eigenvalue weighted by atomic mass is 32.1. The fraction of sp³-hybridized carbons (Fsp3) is 0.438. The first-order valence-corrected chi connectivity index (χ1v) is 7.98. The van der Waals surface area contributed by atoms with Crippen LogP contribution >= 0.6 is 11.3 Å². The van der Waals surface area contributed by atoms with Crippen LogP contribution in [0.3, 0.4) is 0 Å². The smallest absolute Gasteiger partial charge is 0.0798 e. The van der Waals surface area contributed by atoms with Crippen molar-refractivity contribution in [2.75, 3.05) is 20.1 Å². The maximum atomic E-state index is 4.33. The van der Waals surface area contributed by atoms with Crippen LogP contribution in [-0.2, 0) is 13.1 Å². The van der Waals surface area contributed by atoms with E-state index in [1.807, 2.05) is 5.51 Å². The zero-order valence-corrected chi connectivity index (χ0v) is 12.9. The normalized spacial score (nSPS) is 18.2. The predicted octanol–water partition coefficient (Wildman–Crippen LogP) is 2.77. The lowest BCUT2D eigenvalue weighted by atomic mass is 9.90. The van der Waals surface area contributed by atoms with Gasteiger partial charge in [-0.25, -0.2) is 4.98 Å². The number of rotatable bonds is 4. The van der Waals surface area contributed by atoms with Gasteiger partial charge in [0.25, 0.3) is 0 Å². The molecular weight excluding hydrogens is 266 g/mol. The largest absolute Gasteiger partial charge is 0.312 e. The summed E-state index contributed by atoms with van der Waals surface area (Å²) in [5, 5.41) is 3.53. The Balaban J connectivity index is 1.68. The van der Waals surface area contributed by atoms with Crippen molar-refractivity contribution in [2.24, 2.45) is 0 Å². The van der Waals surface area contributed by atoms with Gasteiger partial charge in [-0.15, -0.1) is 11.3 Å². The Bertz CT molecular complexity index is 579. The molecule has 4 heteroatoms. The molecule has 0 amide bonds. The highest BCUT2D eigenvalue weighted by Crippen LogP contribution is 2.25. The van der Waals surface area contributed by atoms with Crippen molar-refractivity contribution in [3.8, 4) is 0 Å². The SMILES string of the molecule is Cc1ncsc1CN(C)CC1CNCc2ccccc21. The number of nitrogens with zero attached hydrogens (tertiary/aromatic N) is 2. The van der Waals surface area contributed by atoms with E-state index in [1.165, 1.54) is 21.7 Å². The molecule has 1 atom stereocenters. The summed E-state index contributed by atoms with van der Waals surface area (Å²) in [7, 11) is 2.20. The molecule has 0 saturated heterocycles. The lowest BCUT2D eigenvalue weighted by Crippen LogP contribution is -2.35. The molecule has 0 saturated carbocycles. The van der Waals surface area contributed by atoms with Crippen LogP contribution in [0.25, 0.3) is 0 Å². The van der Waals surface area contributed by atoms with E-state index in [2.05, 4.69) is 53.4 Å². The summed E-state index contributed by atoms with van der Waals surface area (Å²) in [4.78, 5) is 8.12. The highest BCUT2D eigenvalue weighted by molar-refractivity contribution is 7.09. The van der Waals surface area contributed by atoms with Gasteiger partial charge in [-0.1, -0.05) is 24.3 Å². The van der Waals surface area contributed by atoms with E-state index >= 15 is 0 Å². The Labute approximate surface area is 124 Å². The maximum Gasteiger partial charge on any atom is 0.0798 e. The number of nitrogens with one attached hydrogen (secondary N) is 1. The van der Waals surface area contributed by atoms with Crippen LogP contribution < -0.4 is 5.32 Å². The number of aryl methyl sites for hydroxylation is 1. The molecule has 2 heterocycles. The molecule has 0 bridgehead atoms. The molecule has 0 radical (unpaired) electrons. The van der Waals surface area contributed by atoms with Gasteiger partial charge in [0.15, 0.2) is 0 Å². The van der Waals surface area contributed by atoms with Crippen LogP contribution in [-0.4, -0.2) is 30.0 Å². The zero-order valence-electron chi connectivity index (χ0n) is 12.1. The van der Waals surface area contributed by atoms with Crippen molar-refractivity contribution in [3.05, 3.63) is 51.5 Å². The van der Waals surface area contributed by atoms with E-state index in [9.17, 15) is 0 Å². The van der Waals surface area contributed by atoms with Gasteiger partial charge in [0.2, 0.25) is 0 Å². The van der Waals surface area contributed by atoms with Crippen molar-refractivity contribution in [2.45, 2.75) is 25.9 Å². The van der Waals surface area contributed by atoms with E-state index < -0.39 is 0 Å². The molecule has 1 aromatic heterocycles. The predicted molar refractivity (Wildman–Crippen MR) is 84.1 cm³/mol. The summed E-state index contributed by atoms with van der Waals surface area (Å²) in [6.45, 7) is 6.25. The molecule has 1 aromatic carbocycles. The average molecular weight is 287 g/mol. The Hall–Kier alpha value is -1.23. The van der Waals surface area contributed by atoms with Crippen LogP contribution in [0, 0.1) is 6.92 Å². The molecule has 0 spiro atoms. The summed E-state index contributed by atoms with van der Waals surface area (Å²) in [5.74, 6) is 0.582. The second-order valence-electron chi connectivity index (χ2n) is 5.58. The topological polar surface area (TPSA) is 28.2 Å². The summed E-state index contributed by atoms with van der Waals surface area (Å²) in [6.07, 6.45) is 0. The van der Waals surface area contributed by atoms with Crippen molar-refractivity contribution in [1.29, 1.82) is 0 Å². The van der Waals surface area contributed by atoms with Crippen LogP contribution in [0.15, 0.2) is 29.8 Å². The molecular formula is C16H21N3S. The van der Waals surface area contributed by atoms with Crippen molar-refractivity contribution in [3.63, 3.8) is 0 Å². The Morgan fingerprint density at radius 1 is 1.40 bits per heavy atom. The Morgan fingerprint density at radius 3 is 3.05 bits per heavy atom. The first kappa shape index (κ1) is 13.7. The summed E-state index contributed by atoms with van der Waals surface area (Å²) < 4.78 is 0. The van der Waals surface area contributed by atoms with Gasteiger partial charge < -0.3 is 10.2 Å². The average Bonchev–Trinajstić information content (AvgIpc) is 2.85. The second kappa shape index (κ2) is 6.04. The Kier molecular flexibility index (Phi) is 4.15. The highest BCUT2D eigenvalue weighted by Gasteiger charge is 2.21. The van der Waals surface area contributed by atoms with Crippen LogP contribution in [0.4, 0.5) is 0 Å². The van der Waals surface area contributed by atoms with Crippen LogP contribution in [0.1, 0.15) is 27.6 Å². The molecule has 1 aliphatic rings. The number of fused-ring (bicyclic) bond motifs is 1. The quantitative estimate of drug-likeness (QED) is 0.937.